The fourth-order valence-corrected chi connectivity index (χ4v) is 3.82. The number of hydrogen-bond acceptors (Lipinski definition) is 3. The van der Waals surface area contributed by atoms with E-state index in [4.69, 9.17) is 14.5 Å². The van der Waals surface area contributed by atoms with E-state index in [1.54, 1.807) is 0 Å². The maximum atomic E-state index is 5.63. The molecule has 0 atom stereocenters. The highest BCUT2D eigenvalue weighted by molar-refractivity contribution is 14.0. The normalized spacial score (nSPS) is 15.8. The van der Waals surface area contributed by atoms with E-state index in [9.17, 15) is 0 Å². The molecule has 1 aliphatic carbocycles. The van der Waals surface area contributed by atoms with Crippen molar-refractivity contribution in [3.8, 4) is 0 Å². The van der Waals surface area contributed by atoms with Gasteiger partial charge in [-0.2, -0.15) is 0 Å². The molecule has 1 saturated carbocycles. The zero-order chi connectivity index (χ0) is 20.1. The molecule has 166 valence electrons. The molecule has 0 radical (unpaired) electrons. The van der Waals surface area contributed by atoms with Crippen LogP contribution in [0.1, 0.15) is 64.0 Å². The number of benzene rings is 1. The van der Waals surface area contributed by atoms with Crippen molar-refractivity contribution in [3.63, 3.8) is 0 Å². The molecule has 0 saturated heterocycles. The monoisotopic (exact) mass is 517 g/mol. The van der Waals surface area contributed by atoms with Crippen molar-refractivity contribution in [2.24, 2.45) is 10.4 Å². The lowest BCUT2D eigenvalue weighted by Crippen LogP contribution is -2.43. The molecule has 1 aliphatic rings. The average Bonchev–Trinajstić information content (AvgIpc) is 3.18. The van der Waals surface area contributed by atoms with Crippen molar-refractivity contribution in [2.45, 2.75) is 66.0 Å². The Morgan fingerprint density at radius 1 is 0.966 bits per heavy atom. The summed E-state index contributed by atoms with van der Waals surface area (Å²) >= 11 is 0. The first kappa shape index (κ1) is 26.2. The third-order valence-electron chi connectivity index (χ3n) is 5.54. The van der Waals surface area contributed by atoms with Crippen LogP contribution in [0.15, 0.2) is 29.3 Å². The van der Waals surface area contributed by atoms with Gasteiger partial charge in [0.1, 0.15) is 0 Å². The molecular weight excluding hydrogens is 477 g/mol. The molecule has 29 heavy (non-hydrogen) atoms. The third kappa shape index (κ3) is 9.66. The van der Waals surface area contributed by atoms with Crippen molar-refractivity contribution in [2.75, 3.05) is 32.9 Å². The van der Waals surface area contributed by atoms with Crippen LogP contribution >= 0.6 is 24.0 Å². The van der Waals surface area contributed by atoms with Gasteiger partial charge in [0, 0.05) is 32.9 Å². The average molecular weight is 517 g/mol. The fraction of sp³-hybridized carbons (Fsp3) is 0.696. The smallest absolute Gasteiger partial charge is 0.191 e. The van der Waals surface area contributed by atoms with Gasteiger partial charge in [0.05, 0.1) is 13.2 Å². The summed E-state index contributed by atoms with van der Waals surface area (Å²) in [5, 5.41) is 6.99. The van der Waals surface area contributed by atoms with Gasteiger partial charge in [-0.3, -0.25) is 0 Å². The van der Waals surface area contributed by atoms with E-state index in [-0.39, 0.29) is 24.0 Å². The maximum absolute atomic E-state index is 5.63. The number of nitrogens with one attached hydrogen (secondary N) is 2. The van der Waals surface area contributed by atoms with Gasteiger partial charge < -0.3 is 20.1 Å². The lowest BCUT2D eigenvalue weighted by atomic mass is 9.83. The number of halogens is 1. The molecule has 0 aromatic heterocycles. The summed E-state index contributed by atoms with van der Waals surface area (Å²) in [7, 11) is 0. The van der Waals surface area contributed by atoms with Crippen molar-refractivity contribution in [3.05, 3.63) is 35.4 Å². The lowest BCUT2D eigenvalue weighted by Gasteiger charge is -2.30. The number of hydrogen-bond donors (Lipinski definition) is 2. The first-order chi connectivity index (χ1) is 13.7. The van der Waals surface area contributed by atoms with Gasteiger partial charge in [-0.05, 0) is 56.6 Å². The van der Waals surface area contributed by atoms with Gasteiger partial charge in [-0.15, -0.1) is 24.0 Å². The van der Waals surface area contributed by atoms with Crippen LogP contribution in [0.4, 0.5) is 0 Å². The van der Waals surface area contributed by atoms with Crippen LogP contribution in [-0.4, -0.2) is 38.9 Å². The molecule has 2 rings (SSSR count). The van der Waals surface area contributed by atoms with Crippen molar-refractivity contribution < 1.29 is 9.47 Å². The van der Waals surface area contributed by atoms with Crippen molar-refractivity contribution in [1.82, 2.24) is 10.6 Å². The quantitative estimate of drug-likeness (QED) is 0.180. The van der Waals surface area contributed by atoms with E-state index in [1.165, 1.54) is 36.8 Å². The first-order valence-electron chi connectivity index (χ1n) is 11.0. The van der Waals surface area contributed by atoms with Crippen LogP contribution in [0.3, 0.4) is 0 Å². The summed E-state index contributed by atoms with van der Waals surface area (Å²) < 4.78 is 11.1. The van der Waals surface area contributed by atoms with E-state index in [0.29, 0.717) is 18.6 Å². The molecule has 0 bridgehead atoms. The van der Waals surface area contributed by atoms with E-state index in [1.807, 2.05) is 6.92 Å². The number of rotatable bonds is 12. The Hall–Kier alpha value is -0.860. The van der Waals surface area contributed by atoms with E-state index >= 15 is 0 Å². The highest BCUT2D eigenvalue weighted by Crippen LogP contribution is 2.40. The summed E-state index contributed by atoms with van der Waals surface area (Å²) in [6.45, 7) is 11.8. The molecule has 0 unspecified atom stereocenters. The zero-order valence-electron chi connectivity index (χ0n) is 18.5. The summed E-state index contributed by atoms with van der Waals surface area (Å²) in [6.07, 6.45) is 6.36. The molecule has 0 heterocycles. The summed E-state index contributed by atoms with van der Waals surface area (Å²) in [5.41, 5.74) is 2.77. The second-order valence-corrected chi connectivity index (χ2v) is 7.66. The summed E-state index contributed by atoms with van der Waals surface area (Å²) in [5.74, 6) is 0.906. The molecule has 2 N–H and O–H groups in total. The topological polar surface area (TPSA) is 54.9 Å². The number of ether oxygens (including phenoxy) is 2. The first-order valence-corrected chi connectivity index (χ1v) is 11.0. The highest BCUT2D eigenvalue weighted by atomic mass is 127. The third-order valence-corrected chi connectivity index (χ3v) is 5.54. The number of nitrogens with zero attached hydrogens (tertiary/aromatic N) is 1. The summed E-state index contributed by atoms with van der Waals surface area (Å²) in [4.78, 5) is 4.80. The number of aliphatic imine (C=N–C) groups is 1. The van der Waals surface area contributed by atoms with E-state index < -0.39 is 0 Å². The second kappa shape index (κ2) is 15.0. The van der Waals surface area contributed by atoms with E-state index in [0.717, 1.165) is 45.3 Å². The predicted octanol–water partition coefficient (Wildman–Crippen LogP) is 4.88. The molecule has 0 spiro atoms. The Bertz CT molecular complexity index is 572. The minimum atomic E-state index is 0. The van der Waals surface area contributed by atoms with Gasteiger partial charge >= 0.3 is 0 Å². The number of guanidine groups is 1. The zero-order valence-corrected chi connectivity index (χ0v) is 20.8. The van der Waals surface area contributed by atoms with Crippen LogP contribution in [0.25, 0.3) is 0 Å². The fourth-order valence-electron chi connectivity index (χ4n) is 3.82. The minimum Gasteiger partial charge on any atom is -0.382 e. The molecule has 1 aromatic rings. The molecule has 5 nitrogen and oxygen atoms in total. The van der Waals surface area contributed by atoms with Gasteiger partial charge in [0.2, 0.25) is 0 Å². The minimum absolute atomic E-state index is 0. The standard InChI is InChI=1S/C23H39N3O2.HI/c1-4-24-22(25-17-20-9-11-21(12-10-20)18-28-6-3)26-19-23(13-7-8-14-23)15-16-27-5-2;/h9-12H,4-8,13-19H2,1-3H3,(H2,24,25,26);1H. The van der Waals surface area contributed by atoms with Crippen molar-refractivity contribution in [1.29, 1.82) is 0 Å². The van der Waals surface area contributed by atoms with Crippen LogP contribution in [0, 0.1) is 5.41 Å². The molecule has 0 amide bonds. The van der Waals surface area contributed by atoms with Crippen LogP contribution < -0.4 is 10.6 Å². The molecular formula is C23H40IN3O2. The van der Waals surface area contributed by atoms with Crippen LogP contribution in [0.5, 0.6) is 0 Å². The maximum Gasteiger partial charge on any atom is 0.191 e. The lowest BCUT2D eigenvalue weighted by molar-refractivity contribution is 0.105. The highest BCUT2D eigenvalue weighted by Gasteiger charge is 2.33. The van der Waals surface area contributed by atoms with E-state index in [2.05, 4.69) is 48.7 Å². The Morgan fingerprint density at radius 2 is 1.62 bits per heavy atom. The Balaban J connectivity index is 0.00000420. The van der Waals surface area contributed by atoms with Crippen LogP contribution in [0.2, 0.25) is 0 Å². The Kier molecular flexibility index (Phi) is 13.6. The SMILES string of the molecule is CCNC(=NCc1ccc(COCC)cc1)NCC1(CCOCC)CCCC1.I. The molecule has 0 aliphatic heterocycles. The van der Waals surface area contributed by atoms with Crippen LogP contribution in [-0.2, 0) is 22.6 Å². The second-order valence-electron chi connectivity index (χ2n) is 7.66. The molecule has 1 fully saturated rings. The molecule has 6 heteroatoms. The Labute approximate surface area is 194 Å². The summed E-state index contributed by atoms with van der Waals surface area (Å²) in [6, 6.07) is 8.54. The van der Waals surface area contributed by atoms with Gasteiger partial charge in [-0.25, -0.2) is 4.99 Å². The molecule has 1 aromatic carbocycles. The van der Waals surface area contributed by atoms with Gasteiger partial charge in [0.15, 0.2) is 5.96 Å². The van der Waals surface area contributed by atoms with Gasteiger partial charge in [-0.1, -0.05) is 37.1 Å². The largest absolute Gasteiger partial charge is 0.382 e. The van der Waals surface area contributed by atoms with Gasteiger partial charge in [0.25, 0.3) is 0 Å². The predicted molar refractivity (Wildman–Crippen MR) is 132 cm³/mol. The Morgan fingerprint density at radius 3 is 2.24 bits per heavy atom. The van der Waals surface area contributed by atoms with Crippen molar-refractivity contribution >= 4 is 29.9 Å².